The standard InChI is InChI=1S/C10H11F3N2/c1-5-3-8-7(4-14-15-8)6(2)9(5)10(11,12)13/h3,14-15H,4H2,1-2H3. The van der Waals surface area contributed by atoms with Gasteiger partial charge in [0.25, 0.3) is 0 Å². The summed E-state index contributed by atoms with van der Waals surface area (Å²) in [7, 11) is 0. The molecule has 0 spiro atoms. The minimum absolute atomic E-state index is 0.259. The lowest BCUT2D eigenvalue weighted by molar-refractivity contribution is -0.138. The van der Waals surface area contributed by atoms with E-state index < -0.39 is 11.7 Å². The van der Waals surface area contributed by atoms with E-state index in [2.05, 4.69) is 10.9 Å². The van der Waals surface area contributed by atoms with E-state index in [1.807, 2.05) is 0 Å². The van der Waals surface area contributed by atoms with Crippen LogP contribution in [0.3, 0.4) is 0 Å². The van der Waals surface area contributed by atoms with E-state index >= 15 is 0 Å². The Labute approximate surface area is 85.5 Å². The number of hydrogen-bond acceptors (Lipinski definition) is 2. The van der Waals surface area contributed by atoms with Crippen LogP contribution < -0.4 is 10.9 Å². The number of rotatable bonds is 0. The summed E-state index contributed by atoms with van der Waals surface area (Å²) in [5.74, 6) is 0. The van der Waals surface area contributed by atoms with Crippen LogP contribution in [0, 0.1) is 13.8 Å². The molecule has 2 N–H and O–H groups in total. The van der Waals surface area contributed by atoms with Crippen molar-refractivity contribution in [2.75, 3.05) is 5.43 Å². The molecule has 2 nitrogen and oxygen atoms in total. The fourth-order valence-corrected chi connectivity index (χ4v) is 2.03. The number of hydrogen-bond donors (Lipinski definition) is 2. The smallest absolute Gasteiger partial charge is 0.321 e. The van der Waals surface area contributed by atoms with Crippen LogP contribution in [0.2, 0.25) is 0 Å². The Balaban J connectivity index is 2.67. The predicted octanol–water partition coefficient (Wildman–Crippen LogP) is 2.75. The summed E-state index contributed by atoms with van der Waals surface area (Å²) in [6.07, 6.45) is -4.27. The number of benzene rings is 1. The molecule has 0 aromatic heterocycles. The zero-order valence-corrected chi connectivity index (χ0v) is 8.42. The number of alkyl halides is 3. The van der Waals surface area contributed by atoms with Crippen LogP contribution in [0.4, 0.5) is 18.9 Å². The van der Waals surface area contributed by atoms with Gasteiger partial charge in [-0.05, 0) is 36.6 Å². The van der Waals surface area contributed by atoms with Gasteiger partial charge in [-0.3, -0.25) is 0 Å². The topological polar surface area (TPSA) is 24.1 Å². The number of fused-ring (bicyclic) bond motifs is 1. The van der Waals surface area contributed by atoms with E-state index in [0.29, 0.717) is 17.7 Å². The maximum Gasteiger partial charge on any atom is 0.416 e. The van der Waals surface area contributed by atoms with Gasteiger partial charge in [-0.2, -0.15) is 13.2 Å². The molecule has 1 aromatic carbocycles. The highest BCUT2D eigenvalue weighted by atomic mass is 19.4. The van der Waals surface area contributed by atoms with Crippen molar-refractivity contribution in [1.82, 2.24) is 5.43 Å². The second-order valence-electron chi connectivity index (χ2n) is 3.70. The van der Waals surface area contributed by atoms with Crippen LogP contribution >= 0.6 is 0 Å². The Morgan fingerprint density at radius 3 is 2.53 bits per heavy atom. The quantitative estimate of drug-likeness (QED) is 0.696. The third-order valence-corrected chi connectivity index (χ3v) is 2.68. The third-order valence-electron chi connectivity index (χ3n) is 2.68. The zero-order valence-electron chi connectivity index (χ0n) is 8.42. The van der Waals surface area contributed by atoms with Crippen LogP contribution in [0.1, 0.15) is 22.3 Å². The predicted molar refractivity (Wildman–Crippen MR) is 51.4 cm³/mol. The van der Waals surface area contributed by atoms with E-state index in [9.17, 15) is 13.2 Å². The molecule has 1 heterocycles. The van der Waals surface area contributed by atoms with Crippen molar-refractivity contribution >= 4 is 5.69 Å². The first-order chi connectivity index (χ1) is 6.91. The van der Waals surface area contributed by atoms with Crippen LogP contribution in [0.15, 0.2) is 6.07 Å². The lowest BCUT2D eigenvalue weighted by atomic mass is 9.96. The fourth-order valence-electron chi connectivity index (χ4n) is 2.03. The number of anilines is 1. The average Bonchev–Trinajstić information content (AvgIpc) is 2.48. The number of halogens is 3. The Bertz CT molecular complexity index is 410. The van der Waals surface area contributed by atoms with Crippen molar-refractivity contribution in [3.63, 3.8) is 0 Å². The number of hydrazine groups is 1. The van der Waals surface area contributed by atoms with E-state index in [1.165, 1.54) is 19.9 Å². The van der Waals surface area contributed by atoms with Crippen LogP contribution in [-0.2, 0) is 12.7 Å². The normalized spacial score (nSPS) is 15.0. The first-order valence-corrected chi connectivity index (χ1v) is 4.60. The van der Waals surface area contributed by atoms with Crippen molar-refractivity contribution in [3.8, 4) is 0 Å². The molecule has 2 rings (SSSR count). The third kappa shape index (κ3) is 1.56. The number of aryl methyl sites for hydroxylation is 1. The molecule has 1 aromatic rings. The summed E-state index contributed by atoms with van der Waals surface area (Å²) < 4.78 is 38.2. The molecule has 1 aliphatic rings. The van der Waals surface area contributed by atoms with Gasteiger partial charge in [-0.1, -0.05) is 0 Å². The molecule has 0 amide bonds. The molecule has 0 saturated carbocycles. The second kappa shape index (κ2) is 3.13. The SMILES string of the molecule is Cc1cc2c(c(C)c1C(F)(F)F)CNN2. The molecule has 0 atom stereocenters. The van der Waals surface area contributed by atoms with Gasteiger partial charge in [-0.15, -0.1) is 0 Å². The Morgan fingerprint density at radius 2 is 1.93 bits per heavy atom. The second-order valence-corrected chi connectivity index (χ2v) is 3.70. The monoisotopic (exact) mass is 216 g/mol. The maximum absolute atomic E-state index is 12.7. The minimum Gasteiger partial charge on any atom is -0.321 e. The van der Waals surface area contributed by atoms with Crippen molar-refractivity contribution in [1.29, 1.82) is 0 Å². The van der Waals surface area contributed by atoms with Gasteiger partial charge in [0.05, 0.1) is 11.3 Å². The van der Waals surface area contributed by atoms with Crippen LogP contribution in [0.5, 0.6) is 0 Å². The molecule has 0 bridgehead atoms. The maximum atomic E-state index is 12.7. The Hall–Kier alpha value is -1.23. The molecule has 0 radical (unpaired) electrons. The van der Waals surface area contributed by atoms with Gasteiger partial charge in [0.15, 0.2) is 0 Å². The highest BCUT2D eigenvalue weighted by Gasteiger charge is 2.36. The zero-order chi connectivity index (χ0) is 11.2. The van der Waals surface area contributed by atoms with Crippen molar-refractivity contribution in [2.24, 2.45) is 0 Å². The van der Waals surface area contributed by atoms with Crippen LogP contribution in [0.25, 0.3) is 0 Å². The average molecular weight is 216 g/mol. The van der Waals surface area contributed by atoms with E-state index in [0.717, 1.165) is 5.69 Å². The summed E-state index contributed by atoms with van der Waals surface area (Å²) in [4.78, 5) is 0. The fraction of sp³-hybridized carbons (Fsp3) is 0.400. The number of nitrogens with one attached hydrogen (secondary N) is 2. The molecule has 5 heteroatoms. The van der Waals surface area contributed by atoms with Crippen molar-refractivity contribution < 1.29 is 13.2 Å². The minimum atomic E-state index is -4.27. The summed E-state index contributed by atoms with van der Waals surface area (Å²) in [6, 6.07) is 1.53. The molecular weight excluding hydrogens is 205 g/mol. The van der Waals surface area contributed by atoms with E-state index in [4.69, 9.17) is 0 Å². The lowest BCUT2D eigenvalue weighted by Crippen LogP contribution is -2.11. The summed E-state index contributed by atoms with van der Waals surface area (Å²) >= 11 is 0. The van der Waals surface area contributed by atoms with Gasteiger partial charge in [0.1, 0.15) is 0 Å². The Morgan fingerprint density at radius 1 is 1.27 bits per heavy atom. The molecular formula is C10H11F3N2. The molecule has 0 unspecified atom stereocenters. The van der Waals surface area contributed by atoms with Gasteiger partial charge in [0.2, 0.25) is 0 Å². The van der Waals surface area contributed by atoms with Crippen molar-refractivity contribution in [2.45, 2.75) is 26.6 Å². The summed E-state index contributed by atoms with van der Waals surface area (Å²) in [6.45, 7) is 3.43. The molecule has 1 aliphatic heterocycles. The lowest BCUT2D eigenvalue weighted by Gasteiger charge is -2.16. The van der Waals surface area contributed by atoms with E-state index in [-0.39, 0.29) is 5.56 Å². The molecule has 15 heavy (non-hydrogen) atoms. The van der Waals surface area contributed by atoms with Gasteiger partial charge < -0.3 is 5.43 Å². The van der Waals surface area contributed by atoms with Crippen LogP contribution in [-0.4, -0.2) is 0 Å². The highest BCUT2D eigenvalue weighted by Crippen LogP contribution is 2.39. The molecule has 82 valence electrons. The van der Waals surface area contributed by atoms with Crippen molar-refractivity contribution in [3.05, 3.63) is 28.3 Å². The van der Waals surface area contributed by atoms with Gasteiger partial charge in [0, 0.05) is 6.54 Å². The first-order valence-electron chi connectivity index (χ1n) is 4.60. The first kappa shape index (κ1) is 10.3. The summed E-state index contributed by atoms with van der Waals surface area (Å²) in [5.41, 5.74) is 7.18. The molecule has 0 aliphatic carbocycles. The van der Waals surface area contributed by atoms with E-state index in [1.54, 1.807) is 0 Å². The largest absolute Gasteiger partial charge is 0.416 e. The van der Waals surface area contributed by atoms with Gasteiger partial charge in [-0.25, -0.2) is 5.43 Å². The summed E-state index contributed by atoms with van der Waals surface area (Å²) in [5, 5.41) is 0. The Kier molecular flexibility index (Phi) is 2.15. The molecule has 0 fully saturated rings. The van der Waals surface area contributed by atoms with Gasteiger partial charge >= 0.3 is 6.18 Å². The molecule has 0 saturated heterocycles. The highest BCUT2D eigenvalue weighted by molar-refractivity contribution is 5.62.